The fourth-order valence-electron chi connectivity index (χ4n) is 9.49. The Bertz CT molecular complexity index is 783. The maximum absolute atomic E-state index is 11.8. The van der Waals surface area contributed by atoms with Crippen molar-refractivity contribution in [2.45, 2.75) is 117 Å². The van der Waals surface area contributed by atoms with Gasteiger partial charge in [0.1, 0.15) is 5.60 Å². The Morgan fingerprint density at radius 1 is 0.969 bits per heavy atom. The molecule has 0 aromatic carbocycles. The first kappa shape index (κ1) is 23.2. The summed E-state index contributed by atoms with van der Waals surface area (Å²) in [6.07, 6.45) is 6.46. The third kappa shape index (κ3) is 3.26. The first-order chi connectivity index (χ1) is 14.9. The number of hydrogen-bond donors (Lipinski definition) is 3. The fourth-order valence-corrected chi connectivity index (χ4v) is 9.49. The van der Waals surface area contributed by atoms with Crippen molar-refractivity contribution in [1.29, 1.82) is 0 Å². The lowest BCUT2D eigenvalue weighted by Gasteiger charge is -2.63. The molecule has 0 heterocycles. The van der Waals surface area contributed by atoms with Gasteiger partial charge in [0.05, 0.1) is 24.1 Å². The number of hydrogen-bond acceptors (Lipinski definition) is 4. The van der Waals surface area contributed by atoms with Crippen LogP contribution in [0.3, 0.4) is 0 Å². The Labute approximate surface area is 194 Å². The van der Waals surface area contributed by atoms with Crippen molar-refractivity contribution in [3.05, 3.63) is 11.3 Å². The summed E-state index contributed by atoms with van der Waals surface area (Å²) in [6.45, 7) is 13.5. The van der Waals surface area contributed by atoms with E-state index in [-0.39, 0.29) is 40.7 Å². The molecule has 5 aliphatic carbocycles. The topological polar surface area (TPSA) is 69.9 Å². The number of aliphatic hydroxyl groups is 3. The molecule has 5 aliphatic rings. The van der Waals surface area contributed by atoms with E-state index in [4.69, 9.17) is 4.74 Å². The highest BCUT2D eigenvalue weighted by atomic mass is 16.5. The van der Waals surface area contributed by atoms with Crippen LogP contribution >= 0.6 is 0 Å². The molecule has 0 amide bonds. The molecular weight excluding hydrogens is 400 g/mol. The van der Waals surface area contributed by atoms with Crippen molar-refractivity contribution in [2.75, 3.05) is 0 Å². The number of allylic oxidation sites excluding steroid dienone is 2. The smallest absolute Gasteiger partial charge is 0.100 e. The fraction of sp³-hybridized carbons (Fsp3) is 0.929. The van der Waals surface area contributed by atoms with E-state index < -0.39 is 0 Å². The standard InChI is InChI=1S/C28H46O4/c1-15-7-8-22(32-26(2,3)4)18-13-20-24-19(14-23(31)28(20,6)25(15)18)27(5)10-9-17(29)11-16(27)12-21(24)30/h15-17,19-21,23-25,29-31H,7-14H2,1-6H3/t15?,16?,17-,19?,20?,21-,23+,24?,25?,27+,28-/m1/s1. The lowest BCUT2D eigenvalue weighted by Crippen LogP contribution is -2.62. The van der Waals surface area contributed by atoms with E-state index in [1.807, 2.05) is 0 Å². The highest BCUT2D eigenvalue weighted by molar-refractivity contribution is 5.31. The molecule has 5 rings (SSSR count). The molecule has 32 heavy (non-hydrogen) atoms. The molecule has 4 fully saturated rings. The number of rotatable bonds is 1. The Balaban J connectivity index is 1.56. The van der Waals surface area contributed by atoms with Gasteiger partial charge >= 0.3 is 0 Å². The molecule has 0 saturated heterocycles. The summed E-state index contributed by atoms with van der Waals surface area (Å²) in [5.74, 6) is 3.29. The predicted octanol–water partition coefficient (Wildman–Crippen LogP) is 5.06. The Kier molecular flexibility index (Phi) is 5.40. The first-order valence-electron chi connectivity index (χ1n) is 13.3. The van der Waals surface area contributed by atoms with Crippen LogP contribution in [-0.2, 0) is 4.74 Å². The van der Waals surface area contributed by atoms with Crippen LogP contribution in [0.4, 0.5) is 0 Å². The van der Waals surface area contributed by atoms with Crippen molar-refractivity contribution in [2.24, 2.45) is 46.3 Å². The minimum atomic E-state index is -0.345. The highest BCUT2D eigenvalue weighted by Crippen LogP contribution is 2.70. The van der Waals surface area contributed by atoms with Gasteiger partial charge in [-0.25, -0.2) is 0 Å². The third-order valence-corrected chi connectivity index (χ3v) is 10.9. The van der Waals surface area contributed by atoms with E-state index in [0.717, 1.165) is 51.4 Å². The molecule has 6 unspecified atom stereocenters. The zero-order chi connectivity index (χ0) is 23.2. The van der Waals surface area contributed by atoms with Crippen molar-refractivity contribution in [3.63, 3.8) is 0 Å². The van der Waals surface area contributed by atoms with Crippen LogP contribution in [0.25, 0.3) is 0 Å². The van der Waals surface area contributed by atoms with Gasteiger partial charge in [0, 0.05) is 11.8 Å². The molecule has 0 aromatic heterocycles. The SMILES string of the molecule is CC1CCC(OC(C)(C)C)=C2CC3C4C(C[C@H](O)[C@]3(C)C21)[C@@]1(C)CC[C@@H](O)CC1C[C@H]4O. The summed E-state index contributed by atoms with van der Waals surface area (Å²) >= 11 is 0. The molecule has 3 N–H and O–H groups in total. The molecule has 182 valence electrons. The molecule has 0 aromatic rings. The summed E-state index contributed by atoms with van der Waals surface area (Å²) < 4.78 is 6.52. The zero-order valence-corrected chi connectivity index (χ0v) is 21.1. The van der Waals surface area contributed by atoms with Gasteiger partial charge < -0.3 is 20.1 Å². The summed E-state index contributed by atoms with van der Waals surface area (Å²) in [7, 11) is 0. The van der Waals surface area contributed by atoms with Gasteiger partial charge in [-0.3, -0.25) is 0 Å². The monoisotopic (exact) mass is 446 g/mol. The lowest BCUT2D eigenvalue weighted by molar-refractivity contribution is -0.206. The molecular formula is C28H46O4. The Hall–Kier alpha value is -0.580. The van der Waals surface area contributed by atoms with Gasteiger partial charge in [0.2, 0.25) is 0 Å². The van der Waals surface area contributed by atoms with Crippen molar-refractivity contribution in [1.82, 2.24) is 0 Å². The van der Waals surface area contributed by atoms with Crippen molar-refractivity contribution in [3.8, 4) is 0 Å². The average molecular weight is 447 g/mol. The average Bonchev–Trinajstić information content (AvgIpc) is 3.01. The molecule has 11 atom stereocenters. The molecule has 4 saturated carbocycles. The second-order valence-electron chi connectivity index (χ2n) is 13.7. The van der Waals surface area contributed by atoms with Crippen molar-refractivity contribution < 1.29 is 20.1 Å². The third-order valence-electron chi connectivity index (χ3n) is 10.9. The van der Waals surface area contributed by atoms with E-state index in [9.17, 15) is 15.3 Å². The van der Waals surface area contributed by atoms with E-state index in [1.54, 1.807) is 0 Å². The minimum Gasteiger partial charge on any atom is -0.493 e. The van der Waals surface area contributed by atoms with Gasteiger partial charge in [-0.1, -0.05) is 20.8 Å². The quantitative estimate of drug-likeness (QED) is 0.527. The molecule has 0 radical (unpaired) electrons. The van der Waals surface area contributed by atoms with Crippen LogP contribution in [-0.4, -0.2) is 39.2 Å². The first-order valence-corrected chi connectivity index (χ1v) is 13.3. The minimum absolute atomic E-state index is 0.115. The number of aliphatic hydroxyl groups excluding tert-OH is 3. The number of fused-ring (bicyclic) bond motifs is 7. The van der Waals surface area contributed by atoms with Gasteiger partial charge in [-0.2, -0.15) is 0 Å². The van der Waals surface area contributed by atoms with Crippen molar-refractivity contribution >= 4 is 0 Å². The second kappa shape index (κ2) is 7.46. The van der Waals surface area contributed by atoms with Gasteiger partial charge in [0.15, 0.2) is 0 Å². The Morgan fingerprint density at radius 2 is 1.69 bits per heavy atom. The van der Waals surface area contributed by atoms with Gasteiger partial charge in [-0.15, -0.1) is 0 Å². The van der Waals surface area contributed by atoms with E-state index in [1.165, 1.54) is 11.3 Å². The van der Waals surface area contributed by atoms with Crippen LogP contribution in [0.5, 0.6) is 0 Å². The highest BCUT2D eigenvalue weighted by Gasteiger charge is 2.67. The summed E-state index contributed by atoms with van der Waals surface area (Å²) in [5.41, 5.74) is 1.16. The molecule has 0 bridgehead atoms. The summed E-state index contributed by atoms with van der Waals surface area (Å²) in [5, 5.41) is 33.7. The predicted molar refractivity (Wildman–Crippen MR) is 126 cm³/mol. The van der Waals surface area contributed by atoms with Crippen LogP contribution in [0, 0.1) is 46.3 Å². The summed E-state index contributed by atoms with van der Waals surface area (Å²) in [6, 6.07) is 0. The van der Waals surface area contributed by atoms with Crippen LogP contribution in [0.15, 0.2) is 11.3 Å². The van der Waals surface area contributed by atoms with E-state index in [0.29, 0.717) is 29.6 Å². The number of ether oxygens (including phenoxy) is 1. The molecule has 0 spiro atoms. The largest absolute Gasteiger partial charge is 0.493 e. The maximum Gasteiger partial charge on any atom is 0.100 e. The van der Waals surface area contributed by atoms with Crippen LogP contribution < -0.4 is 0 Å². The summed E-state index contributed by atoms with van der Waals surface area (Å²) in [4.78, 5) is 0. The van der Waals surface area contributed by atoms with Crippen LogP contribution in [0.2, 0.25) is 0 Å². The molecule has 0 aliphatic heterocycles. The second-order valence-corrected chi connectivity index (χ2v) is 13.7. The van der Waals surface area contributed by atoms with E-state index >= 15 is 0 Å². The molecule has 4 nitrogen and oxygen atoms in total. The maximum atomic E-state index is 11.8. The normalized spacial score (nSPS) is 53.2. The zero-order valence-electron chi connectivity index (χ0n) is 21.1. The van der Waals surface area contributed by atoms with E-state index in [2.05, 4.69) is 41.5 Å². The van der Waals surface area contributed by atoms with Crippen LogP contribution in [0.1, 0.15) is 92.9 Å². The van der Waals surface area contributed by atoms with Gasteiger partial charge in [-0.05, 0) is 112 Å². The Morgan fingerprint density at radius 3 is 2.38 bits per heavy atom. The molecule has 4 heteroatoms. The lowest BCUT2D eigenvalue weighted by atomic mass is 9.43. The van der Waals surface area contributed by atoms with Gasteiger partial charge in [0.25, 0.3) is 0 Å².